The van der Waals surface area contributed by atoms with E-state index in [0.717, 1.165) is 16.9 Å². The van der Waals surface area contributed by atoms with Gasteiger partial charge in [-0.3, -0.25) is 4.79 Å². The third-order valence-corrected chi connectivity index (χ3v) is 4.06. The SMILES string of the molecule is CC1=NNC(=O)/C1=C\c1ccc(-c2ccc(N=Nc3ccccc3)cc2)o1. The van der Waals surface area contributed by atoms with E-state index < -0.39 is 0 Å². The Kier molecular flexibility index (Phi) is 4.45. The quantitative estimate of drug-likeness (QED) is 0.512. The third-order valence-electron chi connectivity index (χ3n) is 4.06. The highest BCUT2D eigenvalue weighted by molar-refractivity contribution is 6.26. The zero-order valence-corrected chi connectivity index (χ0v) is 14.6. The Hall–Kier alpha value is -3.80. The molecule has 0 spiro atoms. The van der Waals surface area contributed by atoms with E-state index in [1.54, 1.807) is 13.0 Å². The average Bonchev–Trinajstić information content (AvgIpc) is 3.30. The Balaban J connectivity index is 1.51. The molecule has 2 heterocycles. The summed E-state index contributed by atoms with van der Waals surface area (Å²) in [5.41, 5.74) is 6.06. The maximum absolute atomic E-state index is 11.7. The van der Waals surface area contributed by atoms with Crippen molar-refractivity contribution in [2.24, 2.45) is 15.3 Å². The standard InChI is InChI=1S/C21H16N4O2/c1-14-19(21(26)25-22-14)13-18-11-12-20(27-18)15-7-9-17(10-8-15)24-23-16-5-3-2-4-6-16/h2-13H,1H3,(H,25,26)/b19-13-,24-23?. The van der Waals surface area contributed by atoms with Crippen LogP contribution in [0.5, 0.6) is 0 Å². The Morgan fingerprint density at radius 1 is 0.926 bits per heavy atom. The fourth-order valence-electron chi connectivity index (χ4n) is 2.62. The van der Waals surface area contributed by atoms with Crippen LogP contribution >= 0.6 is 0 Å². The highest BCUT2D eigenvalue weighted by atomic mass is 16.3. The Morgan fingerprint density at radius 3 is 2.30 bits per heavy atom. The van der Waals surface area contributed by atoms with Gasteiger partial charge >= 0.3 is 0 Å². The van der Waals surface area contributed by atoms with E-state index in [1.165, 1.54) is 0 Å². The molecule has 0 fully saturated rings. The van der Waals surface area contributed by atoms with E-state index in [1.807, 2.05) is 66.7 Å². The summed E-state index contributed by atoms with van der Waals surface area (Å²) in [6, 6.07) is 20.9. The maximum Gasteiger partial charge on any atom is 0.273 e. The molecule has 1 N–H and O–H groups in total. The Morgan fingerprint density at radius 2 is 1.63 bits per heavy atom. The first-order valence-corrected chi connectivity index (χ1v) is 8.43. The average molecular weight is 356 g/mol. The maximum atomic E-state index is 11.7. The van der Waals surface area contributed by atoms with Crippen molar-refractivity contribution in [2.45, 2.75) is 6.92 Å². The number of furan rings is 1. The number of hydrogen-bond acceptors (Lipinski definition) is 5. The highest BCUT2D eigenvalue weighted by Gasteiger charge is 2.19. The summed E-state index contributed by atoms with van der Waals surface area (Å²) < 4.78 is 5.83. The van der Waals surface area contributed by atoms with E-state index in [2.05, 4.69) is 20.8 Å². The van der Waals surface area contributed by atoms with E-state index in [-0.39, 0.29) is 5.91 Å². The van der Waals surface area contributed by atoms with Crippen LogP contribution in [0.2, 0.25) is 0 Å². The molecule has 1 aliphatic heterocycles. The van der Waals surface area contributed by atoms with Gasteiger partial charge in [0.15, 0.2) is 0 Å². The molecule has 0 radical (unpaired) electrons. The highest BCUT2D eigenvalue weighted by Crippen LogP contribution is 2.27. The van der Waals surface area contributed by atoms with Crippen LogP contribution in [0, 0.1) is 0 Å². The molecule has 0 aliphatic carbocycles. The van der Waals surface area contributed by atoms with Crippen molar-refractivity contribution in [1.82, 2.24) is 5.43 Å². The van der Waals surface area contributed by atoms with Crippen LogP contribution in [-0.2, 0) is 4.79 Å². The molecular weight excluding hydrogens is 340 g/mol. The Bertz CT molecular complexity index is 1060. The van der Waals surface area contributed by atoms with Crippen molar-refractivity contribution >= 4 is 29.1 Å². The summed E-state index contributed by atoms with van der Waals surface area (Å²) in [5, 5.41) is 12.3. The molecular formula is C21H16N4O2. The molecule has 0 atom stereocenters. The van der Waals surface area contributed by atoms with Gasteiger partial charge in [-0.15, -0.1) is 0 Å². The normalized spacial score (nSPS) is 15.4. The molecule has 2 aromatic carbocycles. The van der Waals surface area contributed by atoms with Crippen LogP contribution in [0.25, 0.3) is 17.4 Å². The predicted octanol–water partition coefficient (Wildman–Crippen LogP) is 5.25. The van der Waals surface area contributed by atoms with Gasteiger partial charge in [-0.2, -0.15) is 15.3 Å². The molecule has 1 aromatic heterocycles. The lowest BCUT2D eigenvalue weighted by molar-refractivity contribution is -0.116. The molecule has 1 amide bonds. The molecule has 6 nitrogen and oxygen atoms in total. The fraction of sp³-hybridized carbons (Fsp3) is 0.0476. The molecule has 4 rings (SSSR count). The Labute approximate surface area is 155 Å². The second-order valence-electron chi connectivity index (χ2n) is 5.98. The van der Waals surface area contributed by atoms with Gasteiger partial charge in [-0.1, -0.05) is 18.2 Å². The summed E-state index contributed by atoms with van der Waals surface area (Å²) in [6.07, 6.45) is 1.69. The number of azo groups is 1. The van der Waals surface area contributed by atoms with Gasteiger partial charge in [0.05, 0.1) is 22.7 Å². The molecule has 0 saturated heterocycles. The lowest BCUT2D eigenvalue weighted by Gasteiger charge is -1.98. The fourth-order valence-corrected chi connectivity index (χ4v) is 2.62. The first-order chi connectivity index (χ1) is 13.2. The van der Waals surface area contributed by atoms with E-state index in [0.29, 0.717) is 22.8 Å². The second kappa shape index (κ2) is 7.21. The van der Waals surface area contributed by atoms with E-state index in [9.17, 15) is 4.79 Å². The van der Waals surface area contributed by atoms with Crippen LogP contribution in [0.1, 0.15) is 12.7 Å². The lowest BCUT2D eigenvalue weighted by Crippen LogP contribution is -2.12. The molecule has 0 saturated carbocycles. The molecule has 6 heteroatoms. The lowest BCUT2D eigenvalue weighted by atomic mass is 10.1. The zero-order valence-electron chi connectivity index (χ0n) is 14.6. The summed E-state index contributed by atoms with van der Waals surface area (Å²) in [5.74, 6) is 1.08. The largest absolute Gasteiger partial charge is 0.457 e. The number of carbonyl (C=O) groups excluding carboxylic acids is 1. The monoisotopic (exact) mass is 356 g/mol. The predicted molar refractivity (Wildman–Crippen MR) is 104 cm³/mol. The van der Waals surface area contributed by atoms with E-state index in [4.69, 9.17) is 4.42 Å². The van der Waals surface area contributed by atoms with Gasteiger partial charge in [-0.25, -0.2) is 5.43 Å². The first kappa shape index (κ1) is 16.7. The van der Waals surface area contributed by atoms with Crippen molar-refractivity contribution < 1.29 is 9.21 Å². The number of hydrogen-bond donors (Lipinski definition) is 1. The van der Waals surface area contributed by atoms with Gasteiger partial charge in [0.1, 0.15) is 11.5 Å². The number of benzene rings is 2. The minimum atomic E-state index is -0.224. The number of nitrogens with zero attached hydrogens (tertiary/aromatic N) is 3. The minimum absolute atomic E-state index is 0.224. The third kappa shape index (κ3) is 3.74. The summed E-state index contributed by atoms with van der Waals surface area (Å²) in [6.45, 7) is 1.77. The first-order valence-electron chi connectivity index (χ1n) is 8.43. The van der Waals surface area contributed by atoms with Crippen molar-refractivity contribution in [2.75, 3.05) is 0 Å². The number of hydrazone groups is 1. The number of amides is 1. The molecule has 1 aliphatic rings. The number of rotatable bonds is 4. The smallest absolute Gasteiger partial charge is 0.273 e. The molecule has 27 heavy (non-hydrogen) atoms. The number of nitrogens with one attached hydrogen (secondary N) is 1. The summed E-state index contributed by atoms with van der Waals surface area (Å²) in [4.78, 5) is 11.7. The zero-order chi connectivity index (χ0) is 18.6. The van der Waals surface area contributed by atoms with E-state index >= 15 is 0 Å². The molecule has 132 valence electrons. The summed E-state index contributed by atoms with van der Waals surface area (Å²) in [7, 11) is 0. The van der Waals surface area contributed by atoms with Crippen molar-refractivity contribution in [1.29, 1.82) is 0 Å². The van der Waals surface area contributed by atoms with Gasteiger partial charge in [-0.05, 0) is 61.5 Å². The van der Waals surface area contributed by atoms with Crippen LogP contribution < -0.4 is 5.43 Å². The van der Waals surface area contributed by atoms with Gasteiger partial charge in [0, 0.05) is 5.56 Å². The summed E-state index contributed by atoms with van der Waals surface area (Å²) >= 11 is 0. The van der Waals surface area contributed by atoms with Crippen LogP contribution in [0.15, 0.2) is 92.1 Å². The van der Waals surface area contributed by atoms with Crippen molar-refractivity contribution in [3.8, 4) is 11.3 Å². The number of carbonyl (C=O) groups is 1. The van der Waals surface area contributed by atoms with Crippen LogP contribution in [-0.4, -0.2) is 11.6 Å². The molecule has 3 aromatic rings. The van der Waals surface area contributed by atoms with Crippen LogP contribution in [0.4, 0.5) is 11.4 Å². The molecule has 0 unspecified atom stereocenters. The topological polar surface area (TPSA) is 79.3 Å². The second-order valence-corrected chi connectivity index (χ2v) is 5.98. The van der Waals surface area contributed by atoms with Gasteiger partial charge in [0.25, 0.3) is 5.91 Å². The van der Waals surface area contributed by atoms with Gasteiger partial charge in [0.2, 0.25) is 0 Å². The van der Waals surface area contributed by atoms with Crippen LogP contribution in [0.3, 0.4) is 0 Å². The van der Waals surface area contributed by atoms with Gasteiger partial charge < -0.3 is 4.42 Å². The molecule has 0 bridgehead atoms. The minimum Gasteiger partial charge on any atom is -0.457 e. The van der Waals surface area contributed by atoms with Crippen molar-refractivity contribution in [3.05, 3.63) is 78.1 Å². The van der Waals surface area contributed by atoms with Crippen molar-refractivity contribution in [3.63, 3.8) is 0 Å².